The lowest BCUT2D eigenvalue weighted by atomic mass is 10.1. The zero-order valence-electron chi connectivity index (χ0n) is 20.3. The van der Waals surface area contributed by atoms with Crippen LogP contribution in [0.3, 0.4) is 0 Å². The van der Waals surface area contributed by atoms with Gasteiger partial charge in [0, 0.05) is 23.1 Å². The topological polar surface area (TPSA) is 115 Å². The van der Waals surface area contributed by atoms with Crippen LogP contribution in [-0.2, 0) is 21.2 Å². The molecule has 4 rings (SSSR count). The van der Waals surface area contributed by atoms with Crippen molar-refractivity contribution in [1.82, 2.24) is 9.55 Å². The number of carbonyl (C=O) groups is 2. The predicted molar refractivity (Wildman–Crippen MR) is 137 cm³/mol. The van der Waals surface area contributed by atoms with E-state index in [0.29, 0.717) is 16.9 Å². The van der Waals surface area contributed by atoms with Crippen LogP contribution in [0.1, 0.15) is 34.1 Å². The molecule has 0 fully saturated rings. The van der Waals surface area contributed by atoms with E-state index in [-0.39, 0.29) is 28.3 Å². The van der Waals surface area contributed by atoms with E-state index < -0.39 is 26.1 Å². The molecule has 0 saturated carbocycles. The zero-order valence-corrected chi connectivity index (χ0v) is 21.1. The number of amides is 1. The number of carbonyl (C=O) groups excluding carboxylic acids is 2. The second-order valence-electron chi connectivity index (χ2n) is 8.71. The number of nitrogens with one attached hydrogen (secondary N) is 1. The Labute approximate surface area is 208 Å². The Balaban J connectivity index is 1.78. The standard InChI is InChI=1S/C27H25N3O5S/c1-16-5-11-22(13-17(16)2)36(34,35)24-14-30(27-23(26(24)33)12-6-18(3)28-27)15-25(32)29-21-9-7-20(8-10-21)19(4)31/h5-14H,15H2,1-4H3,(H,29,32). The fourth-order valence-electron chi connectivity index (χ4n) is 3.80. The van der Waals surface area contributed by atoms with Crippen LogP contribution >= 0.6 is 0 Å². The van der Waals surface area contributed by atoms with Gasteiger partial charge in [0.2, 0.25) is 21.2 Å². The molecule has 0 aliphatic carbocycles. The molecule has 0 atom stereocenters. The van der Waals surface area contributed by atoms with Crippen molar-refractivity contribution in [3.63, 3.8) is 0 Å². The number of sulfone groups is 1. The molecule has 0 saturated heterocycles. The van der Waals surface area contributed by atoms with E-state index in [4.69, 9.17) is 0 Å². The van der Waals surface area contributed by atoms with Gasteiger partial charge in [-0.1, -0.05) is 6.07 Å². The minimum Gasteiger partial charge on any atom is -0.325 e. The lowest BCUT2D eigenvalue weighted by Gasteiger charge is -2.14. The second kappa shape index (κ2) is 9.50. The van der Waals surface area contributed by atoms with Gasteiger partial charge in [-0.15, -0.1) is 0 Å². The van der Waals surface area contributed by atoms with Crippen LogP contribution in [-0.4, -0.2) is 29.7 Å². The second-order valence-corrected chi connectivity index (χ2v) is 10.6. The van der Waals surface area contributed by atoms with Crippen molar-refractivity contribution in [2.24, 2.45) is 0 Å². The van der Waals surface area contributed by atoms with Crippen molar-refractivity contribution in [2.75, 3.05) is 5.32 Å². The van der Waals surface area contributed by atoms with Crippen molar-refractivity contribution >= 4 is 38.2 Å². The predicted octanol–water partition coefficient (Wildman–Crippen LogP) is 4.00. The summed E-state index contributed by atoms with van der Waals surface area (Å²) < 4.78 is 28.3. The molecule has 2 heterocycles. The number of rotatable bonds is 6. The number of pyridine rings is 2. The normalized spacial score (nSPS) is 11.4. The van der Waals surface area contributed by atoms with Gasteiger partial charge in [0.15, 0.2) is 5.78 Å². The van der Waals surface area contributed by atoms with Gasteiger partial charge < -0.3 is 9.88 Å². The molecule has 0 spiro atoms. The van der Waals surface area contributed by atoms with Crippen LogP contribution in [0.25, 0.3) is 11.0 Å². The molecule has 4 aromatic rings. The Morgan fingerprint density at radius 3 is 2.28 bits per heavy atom. The summed E-state index contributed by atoms with van der Waals surface area (Å²) in [6.07, 6.45) is 1.18. The molecular formula is C27H25N3O5S. The van der Waals surface area contributed by atoms with Gasteiger partial charge in [-0.2, -0.15) is 0 Å². The summed E-state index contributed by atoms with van der Waals surface area (Å²) in [7, 11) is -4.17. The first kappa shape index (κ1) is 25.0. The minimum atomic E-state index is -4.17. The van der Waals surface area contributed by atoms with Crippen molar-refractivity contribution in [2.45, 2.75) is 44.0 Å². The highest BCUT2D eigenvalue weighted by Gasteiger charge is 2.25. The molecule has 2 aromatic carbocycles. The average molecular weight is 504 g/mol. The summed E-state index contributed by atoms with van der Waals surface area (Å²) in [5.74, 6) is -0.542. The largest absolute Gasteiger partial charge is 0.325 e. The van der Waals surface area contributed by atoms with E-state index in [0.717, 1.165) is 11.1 Å². The van der Waals surface area contributed by atoms with E-state index in [9.17, 15) is 22.8 Å². The Kier molecular flexibility index (Phi) is 6.60. The first-order chi connectivity index (χ1) is 17.0. The quantitative estimate of drug-likeness (QED) is 0.398. The fraction of sp³-hybridized carbons (Fsp3) is 0.185. The molecule has 2 aromatic heterocycles. The van der Waals surface area contributed by atoms with E-state index in [1.165, 1.54) is 35.9 Å². The molecule has 36 heavy (non-hydrogen) atoms. The first-order valence-electron chi connectivity index (χ1n) is 11.2. The summed E-state index contributed by atoms with van der Waals surface area (Å²) in [5, 5.41) is 2.83. The zero-order chi connectivity index (χ0) is 26.2. The van der Waals surface area contributed by atoms with Gasteiger partial charge in [0.05, 0.1) is 10.3 Å². The molecule has 0 bridgehead atoms. The Morgan fingerprint density at radius 1 is 0.944 bits per heavy atom. The van der Waals surface area contributed by atoms with Crippen molar-refractivity contribution < 1.29 is 18.0 Å². The maximum atomic E-state index is 13.5. The van der Waals surface area contributed by atoms with Gasteiger partial charge in [0.1, 0.15) is 17.1 Å². The lowest BCUT2D eigenvalue weighted by molar-refractivity contribution is -0.116. The molecular weight excluding hydrogens is 478 g/mol. The smallest absolute Gasteiger partial charge is 0.244 e. The third-order valence-corrected chi connectivity index (χ3v) is 7.74. The number of aromatic nitrogens is 2. The van der Waals surface area contributed by atoms with Gasteiger partial charge in [0.25, 0.3) is 0 Å². The van der Waals surface area contributed by atoms with Crippen LogP contribution in [0.2, 0.25) is 0 Å². The van der Waals surface area contributed by atoms with Crippen molar-refractivity contribution in [1.29, 1.82) is 0 Å². The van der Waals surface area contributed by atoms with Gasteiger partial charge in [-0.25, -0.2) is 13.4 Å². The van der Waals surface area contributed by atoms with Crippen LogP contribution < -0.4 is 10.7 Å². The van der Waals surface area contributed by atoms with E-state index in [1.54, 1.807) is 50.2 Å². The maximum absolute atomic E-state index is 13.5. The van der Waals surface area contributed by atoms with Crippen LogP contribution in [0, 0.1) is 20.8 Å². The number of nitrogens with zero attached hydrogens (tertiary/aromatic N) is 2. The molecule has 184 valence electrons. The summed E-state index contributed by atoms with van der Waals surface area (Å²) in [6.45, 7) is 6.58. The van der Waals surface area contributed by atoms with Crippen molar-refractivity contribution in [3.8, 4) is 0 Å². The number of aryl methyl sites for hydroxylation is 3. The Hall–Kier alpha value is -4.11. The number of benzene rings is 2. The highest BCUT2D eigenvalue weighted by molar-refractivity contribution is 7.91. The van der Waals surface area contributed by atoms with Gasteiger partial charge >= 0.3 is 0 Å². The summed E-state index contributed by atoms with van der Waals surface area (Å²) >= 11 is 0. The number of fused-ring (bicyclic) bond motifs is 1. The van der Waals surface area contributed by atoms with E-state index >= 15 is 0 Å². The lowest BCUT2D eigenvalue weighted by Crippen LogP contribution is -2.24. The monoisotopic (exact) mass is 503 g/mol. The SMILES string of the molecule is CC(=O)c1ccc(NC(=O)Cn2cc(S(=O)(=O)c3ccc(C)c(C)c3)c(=O)c3ccc(C)nc32)cc1. The molecule has 0 aliphatic rings. The summed E-state index contributed by atoms with van der Waals surface area (Å²) in [4.78, 5) is 41.6. The molecule has 0 unspecified atom stereocenters. The van der Waals surface area contributed by atoms with Gasteiger partial charge in [-0.3, -0.25) is 14.4 Å². The highest BCUT2D eigenvalue weighted by atomic mass is 32.2. The van der Waals surface area contributed by atoms with E-state index in [2.05, 4.69) is 10.3 Å². The number of anilines is 1. The van der Waals surface area contributed by atoms with Crippen LogP contribution in [0.4, 0.5) is 5.69 Å². The van der Waals surface area contributed by atoms with E-state index in [1.807, 2.05) is 6.92 Å². The third kappa shape index (κ3) is 4.83. The fourth-order valence-corrected chi connectivity index (χ4v) is 5.25. The number of hydrogen-bond acceptors (Lipinski definition) is 6. The molecule has 8 nitrogen and oxygen atoms in total. The number of Topliss-reactive ketones (excluding diaryl/α,β-unsaturated/α-hetero) is 1. The summed E-state index contributed by atoms with van der Waals surface area (Å²) in [6, 6.07) is 14.3. The maximum Gasteiger partial charge on any atom is 0.244 e. The molecule has 1 N–H and O–H groups in total. The highest BCUT2D eigenvalue weighted by Crippen LogP contribution is 2.23. The third-order valence-electron chi connectivity index (χ3n) is 6.00. The van der Waals surface area contributed by atoms with Crippen LogP contribution in [0.5, 0.6) is 0 Å². The molecule has 0 aliphatic heterocycles. The molecule has 0 radical (unpaired) electrons. The molecule has 9 heteroatoms. The average Bonchev–Trinajstić information content (AvgIpc) is 2.82. The summed E-state index contributed by atoms with van der Waals surface area (Å²) in [5.41, 5.74) is 2.85. The van der Waals surface area contributed by atoms with Crippen molar-refractivity contribution in [3.05, 3.63) is 93.4 Å². The Bertz CT molecular complexity index is 1690. The van der Waals surface area contributed by atoms with Gasteiger partial charge in [-0.05, 0) is 87.4 Å². The minimum absolute atomic E-state index is 0.00341. The number of hydrogen-bond donors (Lipinski definition) is 1. The molecule has 1 amide bonds. The first-order valence-corrected chi connectivity index (χ1v) is 12.7. The Morgan fingerprint density at radius 2 is 1.64 bits per heavy atom. The number of ketones is 1. The van der Waals surface area contributed by atoms with Crippen LogP contribution in [0.15, 0.2) is 75.4 Å².